The summed E-state index contributed by atoms with van der Waals surface area (Å²) in [6.07, 6.45) is 2.64. The molecule has 0 aromatic heterocycles. The van der Waals surface area contributed by atoms with Crippen LogP contribution in [0, 0.1) is 5.92 Å². The highest BCUT2D eigenvalue weighted by atomic mass is 16.1. The zero-order chi connectivity index (χ0) is 15.8. The van der Waals surface area contributed by atoms with Crippen LogP contribution in [-0.4, -0.2) is 37.5 Å². The molecule has 0 bridgehead atoms. The van der Waals surface area contributed by atoms with Gasteiger partial charge in [-0.2, -0.15) is 0 Å². The minimum Gasteiger partial charge on any atom is -0.399 e. The van der Waals surface area contributed by atoms with Crippen molar-refractivity contribution in [3.63, 3.8) is 0 Å². The Hall–Kier alpha value is -1.55. The van der Waals surface area contributed by atoms with E-state index in [1.807, 2.05) is 24.3 Å². The van der Waals surface area contributed by atoms with E-state index in [4.69, 9.17) is 5.73 Å². The summed E-state index contributed by atoms with van der Waals surface area (Å²) in [5.41, 5.74) is 7.39. The van der Waals surface area contributed by atoms with E-state index in [0.717, 1.165) is 18.4 Å². The van der Waals surface area contributed by atoms with Gasteiger partial charge in [-0.25, -0.2) is 0 Å². The highest BCUT2D eigenvalue weighted by Gasteiger charge is 2.21. The van der Waals surface area contributed by atoms with Gasteiger partial charge in [0.1, 0.15) is 0 Å². The minimum atomic E-state index is 0.0541. The Bertz CT molecular complexity index is 441. The molecule has 0 aliphatic carbocycles. The Labute approximate surface area is 128 Å². The third kappa shape index (κ3) is 5.76. The van der Waals surface area contributed by atoms with Crippen LogP contribution in [0.2, 0.25) is 0 Å². The van der Waals surface area contributed by atoms with Gasteiger partial charge in [-0.3, -0.25) is 4.79 Å². The molecule has 118 valence electrons. The smallest absolute Gasteiger partial charge is 0.224 e. The lowest BCUT2D eigenvalue weighted by Crippen LogP contribution is -2.45. The molecule has 4 nitrogen and oxygen atoms in total. The van der Waals surface area contributed by atoms with E-state index in [-0.39, 0.29) is 5.91 Å². The number of nitrogens with one attached hydrogen (secondary N) is 1. The van der Waals surface area contributed by atoms with Gasteiger partial charge < -0.3 is 16.0 Å². The van der Waals surface area contributed by atoms with Crippen molar-refractivity contribution in [3.8, 4) is 0 Å². The van der Waals surface area contributed by atoms with E-state index in [9.17, 15) is 4.79 Å². The molecule has 4 heteroatoms. The number of hydrogen-bond donors (Lipinski definition) is 2. The number of likely N-dealkylation sites (N-methyl/N-ethyl adjacent to an activating group) is 1. The van der Waals surface area contributed by atoms with Gasteiger partial charge in [0, 0.05) is 18.3 Å². The second-order valence-corrected chi connectivity index (χ2v) is 5.83. The molecular formula is C17H29N3O. The molecule has 0 fully saturated rings. The van der Waals surface area contributed by atoms with E-state index in [2.05, 4.69) is 38.2 Å². The molecule has 0 radical (unpaired) electrons. The molecule has 0 spiro atoms. The van der Waals surface area contributed by atoms with Crippen LogP contribution in [0.1, 0.15) is 32.3 Å². The van der Waals surface area contributed by atoms with Gasteiger partial charge in [0.25, 0.3) is 0 Å². The summed E-state index contributed by atoms with van der Waals surface area (Å²) < 4.78 is 0. The maximum absolute atomic E-state index is 12.1. The topological polar surface area (TPSA) is 58.4 Å². The Morgan fingerprint density at radius 1 is 1.29 bits per heavy atom. The SMILES string of the molecule is CCC(CC)C(CNC(=O)Cc1cccc(N)c1)N(C)C. The number of hydrogen-bond acceptors (Lipinski definition) is 3. The lowest BCUT2D eigenvalue weighted by Gasteiger charge is -2.31. The van der Waals surface area contributed by atoms with Crippen molar-refractivity contribution < 1.29 is 4.79 Å². The number of nitrogens with zero attached hydrogens (tertiary/aromatic N) is 1. The largest absolute Gasteiger partial charge is 0.399 e. The lowest BCUT2D eigenvalue weighted by molar-refractivity contribution is -0.120. The van der Waals surface area contributed by atoms with Gasteiger partial charge in [0.05, 0.1) is 6.42 Å². The molecule has 1 rings (SSSR count). The second-order valence-electron chi connectivity index (χ2n) is 5.83. The van der Waals surface area contributed by atoms with Gasteiger partial charge in [0.15, 0.2) is 0 Å². The monoisotopic (exact) mass is 291 g/mol. The van der Waals surface area contributed by atoms with E-state index < -0.39 is 0 Å². The molecule has 21 heavy (non-hydrogen) atoms. The van der Waals surface area contributed by atoms with Crippen molar-refractivity contribution in [2.75, 3.05) is 26.4 Å². The van der Waals surface area contributed by atoms with Crippen LogP contribution in [0.25, 0.3) is 0 Å². The van der Waals surface area contributed by atoms with Crippen molar-refractivity contribution in [2.24, 2.45) is 5.92 Å². The highest BCUT2D eigenvalue weighted by Crippen LogP contribution is 2.16. The van der Waals surface area contributed by atoms with E-state index >= 15 is 0 Å². The fourth-order valence-corrected chi connectivity index (χ4v) is 2.77. The zero-order valence-electron chi connectivity index (χ0n) is 13.7. The van der Waals surface area contributed by atoms with Gasteiger partial charge in [0.2, 0.25) is 5.91 Å². The molecule has 1 aromatic carbocycles. The first-order valence-corrected chi connectivity index (χ1v) is 7.75. The van der Waals surface area contributed by atoms with Crippen LogP contribution in [0.3, 0.4) is 0 Å². The number of amides is 1. The average molecular weight is 291 g/mol. The predicted molar refractivity (Wildman–Crippen MR) is 89.1 cm³/mol. The van der Waals surface area contributed by atoms with Crippen molar-refractivity contribution in [2.45, 2.75) is 39.2 Å². The summed E-state index contributed by atoms with van der Waals surface area (Å²) in [4.78, 5) is 14.3. The van der Waals surface area contributed by atoms with Crippen molar-refractivity contribution in [3.05, 3.63) is 29.8 Å². The summed E-state index contributed by atoms with van der Waals surface area (Å²) in [5, 5.41) is 3.06. The Morgan fingerprint density at radius 3 is 2.48 bits per heavy atom. The van der Waals surface area contributed by atoms with Crippen LogP contribution >= 0.6 is 0 Å². The summed E-state index contributed by atoms with van der Waals surface area (Å²) >= 11 is 0. The molecule has 0 heterocycles. The van der Waals surface area contributed by atoms with Crippen molar-refractivity contribution >= 4 is 11.6 Å². The summed E-state index contributed by atoms with van der Waals surface area (Å²) in [7, 11) is 4.15. The third-order valence-corrected chi connectivity index (χ3v) is 4.08. The van der Waals surface area contributed by atoms with Crippen LogP contribution in [0.4, 0.5) is 5.69 Å². The number of rotatable bonds is 8. The van der Waals surface area contributed by atoms with Crippen LogP contribution in [0.5, 0.6) is 0 Å². The molecule has 0 saturated heterocycles. The molecule has 1 aromatic rings. The van der Waals surface area contributed by atoms with Crippen LogP contribution in [0.15, 0.2) is 24.3 Å². The fraction of sp³-hybridized carbons (Fsp3) is 0.588. The standard InChI is InChI=1S/C17H29N3O/c1-5-14(6-2)16(20(3)4)12-19-17(21)11-13-8-7-9-15(18)10-13/h7-10,14,16H,5-6,11-12,18H2,1-4H3,(H,19,21). The van der Waals surface area contributed by atoms with Crippen LogP contribution in [-0.2, 0) is 11.2 Å². The van der Waals surface area contributed by atoms with E-state index in [0.29, 0.717) is 30.6 Å². The van der Waals surface area contributed by atoms with Crippen LogP contribution < -0.4 is 11.1 Å². The average Bonchev–Trinajstić information content (AvgIpc) is 2.43. The minimum absolute atomic E-state index is 0.0541. The molecule has 3 N–H and O–H groups in total. The van der Waals surface area contributed by atoms with Crippen molar-refractivity contribution in [1.29, 1.82) is 0 Å². The number of anilines is 1. The van der Waals surface area contributed by atoms with E-state index in [1.165, 1.54) is 0 Å². The molecule has 0 aliphatic heterocycles. The molecule has 0 saturated carbocycles. The van der Waals surface area contributed by atoms with Gasteiger partial charge in [-0.1, -0.05) is 38.8 Å². The first-order chi connectivity index (χ1) is 9.97. The first kappa shape index (κ1) is 17.5. The first-order valence-electron chi connectivity index (χ1n) is 7.75. The normalized spacial score (nSPS) is 12.7. The lowest BCUT2D eigenvalue weighted by atomic mass is 9.93. The summed E-state index contributed by atoms with van der Waals surface area (Å²) in [5.74, 6) is 0.658. The fourth-order valence-electron chi connectivity index (χ4n) is 2.77. The summed E-state index contributed by atoms with van der Waals surface area (Å²) in [6, 6.07) is 7.87. The third-order valence-electron chi connectivity index (χ3n) is 4.08. The quantitative estimate of drug-likeness (QED) is 0.723. The molecule has 1 atom stereocenters. The van der Waals surface area contributed by atoms with E-state index in [1.54, 1.807) is 0 Å². The molecule has 0 aliphatic rings. The highest BCUT2D eigenvalue weighted by molar-refractivity contribution is 5.78. The van der Waals surface area contributed by atoms with Gasteiger partial charge in [-0.05, 0) is 37.7 Å². The Balaban J connectivity index is 2.53. The molecule has 1 amide bonds. The Morgan fingerprint density at radius 2 is 1.95 bits per heavy atom. The number of nitrogens with two attached hydrogens (primary N) is 1. The van der Waals surface area contributed by atoms with Crippen molar-refractivity contribution in [1.82, 2.24) is 10.2 Å². The second kappa shape index (κ2) is 8.67. The number of carbonyl (C=O) groups excluding carboxylic acids is 1. The maximum Gasteiger partial charge on any atom is 0.224 e. The maximum atomic E-state index is 12.1. The Kier molecular flexibility index (Phi) is 7.23. The zero-order valence-corrected chi connectivity index (χ0v) is 13.7. The number of benzene rings is 1. The number of nitrogen functional groups attached to an aromatic ring is 1. The van der Waals surface area contributed by atoms with Gasteiger partial charge >= 0.3 is 0 Å². The summed E-state index contributed by atoms with van der Waals surface area (Å²) in [6.45, 7) is 5.11. The predicted octanol–water partition coefficient (Wildman–Crippen LogP) is 2.29. The van der Waals surface area contributed by atoms with Gasteiger partial charge in [-0.15, -0.1) is 0 Å². The molecular weight excluding hydrogens is 262 g/mol. The molecule has 1 unspecified atom stereocenters. The number of carbonyl (C=O) groups is 1.